The first-order chi connectivity index (χ1) is 34.1. The Balaban J connectivity index is 1.01. The minimum atomic E-state index is 0.894. The van der Waals surface area contributed by atoms with Gasteiger partial charge in [-0.2, -0.15) is 0 Å². The van der Waals surface area contributed by atoms with Gasteiger partial charge in [0.15, 0.2) is 0 Å². The Bertz CT molecular complexity index is 4210. The molecule has 4 heteroatoms. The van der Waals surface area contributed by atoms with E-state index >= 15 is 0 Å². The van der Waals surface area contributed by atoms with Gasteiger partial charge in [-0.15, -0.1) is 11.3 Å². The molecule has 0 spiro atoms. The maximum atomic E-state index is 6.34. The largest absolute Gasteiger partial charge is 0.456 e. The zero-order chi connectivity index (χ0) is 47.1. The number of furan rings is 1. The average molecular weight is 917 g/mol. The van der Waals surface area contributed by atoms with E-state index in [2.05, 4.69) is 227 Å². The molecule has 0 bridgehead atoms. The maximum absolute atomic E-state index is 6.34. The Morgan fingerprint density at radius 3 is 1.37 bits per heavy atom. The zero-order valence-corrected chi connectivity index (χ0v) is 40.8. The van der Waals surface area contributed by atoms with Gasteiger partial charge in [-0.25, -0.2) is 0 Å². The Morgan fingerprint density at radius 2 is 0.786 bits per heavy atom. The van der Waals surface area contributed by atoms with Crippen LogP contribution in [0, 0.1) is 41.5 Å². The molecule has 14 aromatic rings. The third-order valence-corrected chi connectivity index (χ3v) is 16.2. The smallest absolute Gasteiger partial charge is 0.135 e. The zero-order valence-electron chi connectivity index (χ0n) is 40.0. The summed E-state index contributed by atoms with van der Waals surface area (Å²) in [7, 11) is 0. The van der Waals surface area contributed by atoms with Crippen molar-refractivity contribution in [3.8, 4) is 44.8 Å². The lowest BCUT2D eigenvalue weighted by Crippen LogP contribution is -1.95. The monoisotopic (exact) mass is 916 g/mol. The topological polar surface area (TPSA) is 23.0 Å². The normalized spacial score (nSPS) is 12.1. The molecule has 70 heavy (non-hydrogen) atoms. The van der Waals surface area contributed by atoms with Crippen LogP contribution in [-0.2, 0) is 0 Å². The van der Waals surface area contributed by atoms with Gasteiger partial charge in [0.25, 0.3) is 0 Å². The van der Waals surface area contributed by atoms with Crippen LogP contribution in [0.4, 0.5) is 0 Å². The summed E-state index contributed by atoms with van der Waals surface area (Å²) in [5.41, 5.74) is 24.0. The van der Waals surface area contributed by atoms with Crippen molar-refractivity contribution in [2.45, 2.75) is 41.5 Å². The predicted octanol–water partition coefficient (Wildman–Crippen LogP) is 19.0. The Labute approximate surface area is 410 Å². The first-order valence-corrected chi connectivity index (χ1v) is 25.1. The number of aromatic nitrogens is 2. The molecule has 10 aromatic carbocycles. The van der Waals surface area contributed by atoms with E-state index in [-0.39, 0.29) is 0 Å². The molecule has 0 saturated carbocycles. The number of fused-ring (bicyclic) bond motifs is 12. The van der Waals surface area contributed by atoms with Crippen LogP contribution in [0.25, 0.3) is 130 Å². The molecule has 3 nitrogen and oxygen atoms in total. The molecule has 0 unspecified atom stereocenters. The standard InChI is InChI=1S/C66H48N2OS/c1-37-27-39(3)65(40(4)28-37)45-17-23-57-53(31-45)49-21-15-43(33-59(49)67(57)47-19-25-62-55(35-47)51-11-7-9-13-61(51)69-62)44-16-22-50-54-32-46(66-41(5)29-38(2)30-42(66)6)18-24-58(54)68(60(50)34-44)48-20-26-64-56(36-48)52-12-8-10-14-63(52)70-64/h7-36H,1-6H3. The lowest BCUT2D eigenvalue weighted by Gasteiger charge is -2.13. The number of thiophene rings is 1. The minimum Gasteiger partial charge on any atom is -0.456 e. The van der Waals surface area contributed by atoms with Gasteiger partial charge in [0, 0.05) is 63.9 Å². The van der Waals surface area contributed by atoms with E-state index in [1.807, 2.05) is 17.4 Å². The fourth-order valence-electron chi connectivity index (χ4n) is 12.2. The van der Waals surface area contributed by atoms with E-state index in [4.69, 9.17) is 4.42 Å². The maximum Gasteiger partial charge on any atom is 0.135 e. The molecule has 0 N–H and O–H groups in total. The van der Waals surface area contributed by atoms with Crippen molar-refractivity contribution < 1.29 is 4.42 Å². The minimum absolute atomic E-state index is 0.894. The van der Waals surface area contributed by atoms with Crippen molar-refractivity contribution in [1.82, 2.24) is 9.13 Å². The molecule has 0 atom stereocenters. The lowest BCUT2D eigenvalue weighted by molar-refractivity contribution is 0.669. The summed E-state index contributed by atoms with van der Waals surface area (Å²) >= 11 is 1.87. The van der Waals surface area contributed by atoms with Gasteiger partial charge in [0.2, 0.25) is 0 Å². The van der Waals surface area contributed by atoms with Crippen LogP contribution in [0.1, 0.15) is 33.4 Å². The number of hydrogen-bond acceptors (Lipinski definition) is 2. The highest BCUT2D eigenvalue weighted by atomic mass is 32.1. The summed E-state index contributed by atoms with van der Waals surface area (Å²) in [6.45, 7) is 13.3. The summed E-state index contributed by atoms with van der Waals surface area (Å²) in [5.74, 6) is 0. The van der Waals surface area contributed by atoms with E-state index in [1.165, 1.54) is 125 Å². The molecule has 0 amide bonds. The van der Waals surface area contributed by atoms with Crippen LogP contribution in [0.3, 0.4) is 0 Å². The Morgan fingerprint density at radius 1 is 0.314 bits per heavy atom. The molecular formula is C66H48N2OS. The number of rotatable bonds is 5. The van der Waals surface area contributed by atoms with Gasteiger partial charge < -0.3 is 13.6 Å². The first-order valence-electron chi connectivity index (χ1n) is 24.3. The van der Waals surface area contributed by atoms with E-state index in [9.17, 15) is 0 Å². The van der Waals surface area contributed by atoms with Gasteiger partial charge in [-0.1, -0.05) is 108 Å². The number of para-hydroxylation sites is 1. The highest BCUT2D eigenvalue weighted by molar-refractivity contribution is 7.25. The molecule has 4 heterocycles. The third-order valence-electron chi connectivity index (χ3n) is 15.0. The van der Waals surface area contributed by atoms with Crippen LogP contribution in [0.2, 0.25) is 0 Å². The second kappa shape index (κ2) is 15.2. The number of aryl methyl sites for hydroxylation is 6. The molecule has 0 aliphatic rings. The van der Waals surface area contributed by atoms with E-state index in [0.29, 0.717) is 0 Å². The number of nitrogens with zero attached hydrogens (tertiary/aromatic N) is 2. The molecule has 4 aromatic heterocycles. The first kappa shape index (κ1) is 40.8. The van der Waals surface area contributed by atoms with Crippen molar-refractivity contribution in [2.75, 3.05) is 0 Å². The van der Waals surface area contributed by atoms with Gasteiger partial charge in [-0.3, -0.25) is 0 Å². The summed E-state index contributed by atoms with van der Waals surface area (Å²) in [4.78, 5) is 0. The molecule has 0 aliphatic carbocycles. The summed E-state index contributed by atoms with van der Waals surface area (Å²) in [6, 6.07) is 68.4. The van der Waals surface area contributed by atoms with Gasteiger partial charge in [0.1, 0.15) is 11.2 Å². The Kier molecular flexibility index (Phi) is 8.85. The highest BCUT2D eigenvalue weighted by Crippen LogP contribution is 2.44. The van der Waals surface area contributed by atoms with E-state index < -0.39 is 0 Å². The van der Waals surface area contributed by atoms with Crippen LogP contribution in [0.15, 0.2) is 186 Å². The fourth-order valence-corrected chi connectivity index (χ4v) is 13.3. The van der Waals surface area contributed by atoms with Crippen LogP contribution >= 0.6 is 11.3 Å². The van der Waals surface area contributed by atoms with Crippen molar-refractivity contribution in [3.63, 3.8) is 0 Å². The summed E-state index contributed by atoms with van der Waals surface area (Å²) in [6.07, 6.45) is 0. The van der Waals surface area contributed by atoms with Gasteiger partial charge in [0.05, 0.1) is 22.1 Å². The van der Waals surface area contributed by atoms with Crippen molar-refractivity contribution in [2.24, 2.45) is 0 Å². The molecular weight excluding hydrogens is 869 g/mol. The second-order valence-electron chi connectivity index (χ2n) is 19.7. The fraction of sp³-hybridized carbons (Fsp3) is 0.0909. The molecule has 0 radical (unpaired) electrons. The lowest BCUT2D eigenvalue weighted by atomic mass is 9.93. The number of hydrogen-bond donors (Lipinski definition) is 0. The van der Waals surface area contributed by atoms with Crippen LogP contribution in [-0.4, -0.2) is 9.13 Å². The quantitative estimate of drug-likeness (QED) is 0.169. The molecule has 0 fully saturated rings. The van der Waals surface area contributed by atoms with Gasteiger partial charge in [-0.05, 0) is 182 Å². The van der Waals surface area contributed by atoms with E-state index in [0.717, 1.165) is 38.8 Å². The number of benzene rings is 10. The summed E-state index contributed by atoms with van der Waals surface area (Å²) in [5, 5.41) is 9.79. The van der Waals surface area contributed by atoms with E-state index in [1.54, 1.807) is 0 Å². The molecule has 0 aliphatic heterocycles. The van der Waals surface area contributed by atoms with Crippen LogP contribution < -0.4 is 0 Å². The molecule has 334 valence electrons. The SMILES string of the molecule is Cc1cc(C)c(-c2ccc3c(c2)c2ccc(-c4ccc5c6cc(-c7c(C)cc(C)cc7C)ccc6n(-c6ccc7sc8ccccc8c7c6)c5c4)cc2n3-c2ccc3oc4ccccc4c3c2)c(C)c1. The second-order valence-corrected chi connectivity index (χ2v) is 20.8. The van der Waals surface area contributed by atoms with Crippen molar-refractivity contribution in [1.29, 1.82) is 0 Å². The molecule has 0 saturated heterocycles. The van der Waals surface area contributed by atoms with Crippen molar-refractivity contribution in [3.05, 3.63) is 215 Å². The Hall–Kier alpha value is -8.18. The summed E-state index contributed by atoms with van der Waals surface area (Å²) < 4.78 is 13.9. The van der Waals surface area contributed by atoms with Crippen molar-refractivity contribution >= 4 is 97.1 Å². The average Bonchev–Trinajstić information content (AvgIpc) is 4.10. The highest BCUT2D eigenvalue weighted by Gasteiger charge is 2.21. The van der Waals surface area contributed by atoms with Crippen LogP contribution in [0.5, 0.6) is 0 Å². The third kappa shape index (κ3) is 6.13. The molecule has 14 rings (SSSR count). The van der Waals surface area contributed by atoms with Gasteiger partial charge >= 0.3 is 0 Å². The predicted molar refractivity (Wildman–Crippen MR) is 300 cm³/mol.